The first-order valence-corrected chi connectivity index (χ1v) is 4.48. The molecule has 0 fully saturated rings. The maximum absolute atomic E-state index is 13.3. The molecule has 3 heteroatoms. The summed E-state index contributed by atoms with van der Waals surface area (Å²) in [7, 11) is 0. The maximum atomic E-state index is 13.3. The van der Waals surface area contributed by atoms with Gasteiger partial charge in [0.15, 0.2) is 11.6 Å². The highest BCUT2D eigenvalue weighted by Gasteiger charge is 2.09. The van der Waals surface area contributed by atoms with Crippen molar-refractivity contribution in [2.45, 2.75) is 0 Å². The third-order valence-corrected chi connectivity index (χ3v) is 1.91. The minimum Gasteiger partial charge on any atom is -0.504 e. The van der Waals surface area contributed by atoms with Crippen molar-refractivity contribution in [3.05, 3.63) is 54.3 Å². The predicted octanol–water partition coefficient (Wildman–Crippen LogP) is 3.32. The maximum Gasteiger partial charge on any atom is 0.204 e. The number of para-hydroxylation sites is 2. The Bertz CT molecular complexity index is 434. The van der Waals surface area contributed by atoms with E-state index in [0.29, 0.717) is 5.75 Å². The lowest BCUT2D eigenvalue weighted by atomic mass is 10.3. The lowest BCUT2D eigenvalue weighted by Gasteiger charge is -2.07. The highest BCUT2D eigenvalue weighted by atomic mass is 19.1. The van der Waals surface area contributed by atoms with E-state index in [1.54, 1.807) is 24.3 Å². The fourth-order valence-electron chi connectivity index (χ4n) is 1.20. The van der Waals surface area contributed by atoms with Crippen molar-refractivity contribution in [2.24, 2.45) is 0 Å². The normalized spacial score (nSPS) is 9.93. The topological polar surface area (TPSA) is 29.5 Å². The number of halogens is 1. The van der Waals surface area contributed by atoms with E-state index in [2.05, 4.69) is 0 Å². The van der Waals surface area contributed by atoms with E-state index in [1.807, 2.05) is 6.07 Å². The first-order valence-electron chi connectivity index (χ1n) is 4.48. The van der Waals surface area contributed by atoms with E-state index < -0.39 is 5.82 Å². The van der Waals surface area contributed by atoms with E-state index >= 15 is 0 Å². The van der Waals surface area contributed by atoms with Crippen molar-refractivity contribution in [3.8, 4) is 17.2 Å². The third kappa shape index (κ3) is 2.07. The van der Waals surface area contributed by atoms with E-state index in [9.17, 15) is 9.50 Å². The Kier molecular flexibility index (Phi) is 2.54. The molecule has 0 aliphatic heterocycles. The summed E-state index contributed by atoms with van der Waals surface area (Å²) in [6, 6.07) is 12.8. The molecule has 2 rings (SSSR count). The summed E-state index contributed by atoms with van der Waals surface area (Å²) in [4.78, 5) is 0. The lowest BCUT2D eigenvalue weighted by Crippen LogP contribution is -1.88. The highest BCUT2D eigenvalue weighted by Crippen LogP contribution is 2.32. The molecule has 0 aliphatic rings. The molecule has 0 heterocycles. The Morgan fingerprint density at radius 3 is 2.33 bits per heavy atom. The van der Waals surface area contributed by atoms with Crippen molar-refractivity contribution in [3.63, 3.8) is 0 Å². The van der Waals surface area contributed by atoms with Crippen LogP contribution in [-0.4, -0.2) is 5.11 Å². The Morgan fingerprint density at radius 2 is 1.67 bits per heavy atom. The summed E-state index contributed by atoms with van der Waals surface area (Å²) in [6.07, 6.45) is 0. The number of rotatable bonds is 2. The van der Waals surface area contributed by atoms with Crippen molar-refractivity contribution in [1.29, 1.82) is 0 Å². The Balaban J connectivity index is 2.32. The zero-order chi connectivity index (χ0) is 10.7. The van der Waals surface area contributed by atoms with Crippen molar-refractivity contribution in [2.75, 3.05) is 0 Å². The number of ether oxygens (including phenoxy) is 1. The van der Waals surface area contributed by atoms with Gasteiger partial charge in [-0.15, -0.1) is 0 Å². The second-order valence-electron chi connectivity index (χ2n) is 3.00. The number of aromatic hydroxyl groups is 1. The molecule has 0 spiro atoms. The number of benzene rings is 2. The van der Waals surface area contributed by atoms with Gasteiger partial charge in [0.05, 0.1) is 0 Å². The second kappa shape index (κ2) is 4.00. The zero-order valence-electron chi connectivity index (χ0n) is 7.85. The summed E-state index contributed by atoms with van der Waals surface area (Å²) in [6.45, 7) is 0. The molecule has 2 nitrogen and oxygen atoms in total. The molecule has 0 unspecified atom stereocenters. The fourth-order valence-corrected chi connectivity index (χ4v) is 1.20. The summed E-state index contributed by atoms with van der Waals surface area (Å²) < 4.78 is 18.5. The minimum atomic E-state index is -0.584. The molecule has 1 N–H and O–H groups in total. The van der Waals surface area contributed by atoms with Crippen LogP contribution in [0.3, 0.4) is 0 Å². The van der Waals surface area contributed by atoms with E-state index in [-0.39, 0.29) is 11.5 Å². The molecule has 0 bridgehead atoms. The van der Waals surface area contributed by atoms with Crippen LogP contribution >= 0.6 is 0 Å². The molecule has 2 aromatic carbocycles. The molecule has 0 aliphatic carbocycles. The summed E-state index contributed by atoms with van der Waals surface area (Å²) >= 11 is 0. The predicted molar refractivity (Wildman–Crippen MR) is 54.6 cm³/mol. The second-order valence-corrected chi connectivity index (χ2v) is 3.00. The molecule has 76 valence electrons. The average molecular weight is 204 g/mol. The third-order valence-electron chi connectivity index (χ3n) is 1.91. The van der Waals surface area contributed by atoms with E-state index in [4.69, 9.17) is 4.74 Å². The molecular weight excluding hydrogens is 195 g/mol. The van der Waals surface area contributed by atoms with Crippen LogP contribution in [0.1, 0.15) is 0 Å². The first-order chi connectivity index (χ1) is 7.27. The van der Waals surface area contributed by atoms with Crippen LogP contribution in [0.5, 0.6) is 17.2 Å². The van der Waals surface area contributed by atoms with Crippen molar-refractivity contribution >= 4 is 0 Å². The Morgan fingerprint density at radius 1 is 0.933 bits per heavy atom. The van der Waals surface area contributed by atoms with Gasteiger partial charge in [-0.3, -0.25) is 0 Å². The number of hydrogen-bond acceptors (Lipinski definition) is 2. The molecule has 2 aromatic rings. The number of phenolic OH excluding ortho intramolecular Hbond substituents is 1. The smallest absolute Gasteiger partial charge is 0.204 e. The van der Waals surface area contributed by atoms with Crippen molar-refractivity contribution < 1.29 is 14.2 Å². The van der Waals surface area contributed by atoms with Gasteiger partial charge in [-0.2, -0.15) is 0 Å². The van der Waals surface area contributed by atoms with Crippen LogP contribution in [0.25, 0.3) is 0 Å². The monoisotopic (exact) mass is 204 g/mol. The van der Waals surface area contributed by atoms with Gasteiger partial charge in [-0.1, -0.05) is 24.3 Å². The van der Waals surface area contributed by atoms with E-state index in [1.165, 1.54) is 18.2 Å². The number of phenols is 1. The average Bonchev–Trinajstić information content (AvgIpc) is 2.25. The fraction of sp³-hybridized carbons (Fsp3) is 0. The molecule has 0 saturated carbocycles. The van der Waals surface area contributed by atoms with Gasteiger partial charge in [0, 0.05) is 0 Å². The Labute approximate surface area is 86.6 Å². The molecule has 0 atom stereocenters. The standard InChI is InChI=1S/C12H9FO2/c13-10-7-4-8-11(14)12(10)15-9-5-2-1-3-6-9/h1-8,14H. The molecule has 15 heavy (non-hydrogen) atoms. The molecule has 0 saturated heterocycles. The zero-order valence-corrected chi connectivity index (χ0v) is 7.85. The van der Waals surface area contributed by atoms with Crippen LogP contribution in [-0.2, 0) is 0 Å². The van der Waals surface area contributed by atoms with Gasteiger partial charge in [0.25, 0.3) is 0 Å². The highest BCUT2D eigenvalue weighted by molar-refractivity contribution is 5.42. The Hall–Kier alpha value is -2.03. The number of hydrogen-bond donors (Lipinski definition) is 1. The minimum absolute atomic E-state index is 0.149. The van der Waals surface area contributed by atoms with Crippen LogP contribution in [0.2, 0.25) is 0 Å². The van der Waals surface area contributed by atoms with Crippen LogP contribution in [0, 0.1) is 5.82 Å². The van der Waals surface area contributed by atoms with Gasteiger partial charge in [0.2, 0.25) is 5.75 Å². The van der Waals surface area contributed by atoms with Gasteiger partial charge in [-0.25, -0.2) is 4.39 Å². The van der Waals surface area contributed by atoms with Crippen molar-refractivity contribution in [1.82, 2.24) is 0 Å². The largest absolute Gasteiger partial charge is 0.504 e. The van der Waals surface area contributed by atoms with Crippen LogP contribution in [0.4, 0.5) is 4.39 Å². The quantitative estimate of drug-likeness (QED) is 0.813. The van der Waals surface area contributed by atoms with Gasteiger partial charge < -0.3 is 9.84 Å². The van der Waals surface area contributed by atoms with Crippen LogP contribution < -0.4 is 4.74 Å². The molecule has 0 amide bonds. The SMILES string of the molecule is Oc1cccc(F)c1Oc1ccccc1. The van der Waals surface area contributed by atoms with Gasteiger partial charge in [-0.05, 0) is 24.3 Å². The van der Waals surface area contributed by atoms with Gasteiger partial charge >= 0.3 is 0 Å². The lowest BCUT2D eigenvalue weighted by molar-refractivity contribution is 0.388. The molecule has 0 aromatic heterocycles. The summed E-state index contributed by atoms with van der Waals surface area (Å²) in [5.74, 6) is -0.459. The van der Waals surface area contributed by atoms with Gasteiger partial charge in [0.1, 0.15) is 5.75 Å². The summed E-state index contributed by atoms with van der Waals surface area (Å²) in [5, 5.41) is 9.39. The first kappa shape index (κ1) is 9.52. The summed E-state index contributed by atoms with van der Waals surface area (Å²) in [5.41, 5.74) is 0. The molecular formula is C12H9FO2. The van der Waals surface area contributed by atoms with Crippen LogP contribution in [0.15, 0.2) is 48.5 Å². The molecule has 0 radical (unpaired) electrons. The van der Waals surface area contributed by atoms with E-state index in [0.717, 1.165) is 0 Å².